The highest BCUT2D eigenvalue weighted by Crippen LogP contribution is 2.32. The van der Waals surface area contributed by atoms with Gasteiger partial charge in [-0.2, -0.15) is 13.2 Å². The Bertz CT molecular complexity index is 1150. The molecule has 4 rings (SSSR count). The summed E-state index contributed by atoms with van der Waals surface area (Å²) in [6.45, 7) is 2.44. The number of alkyl halides is 3. The van der Waals surface area contributed by atoms with Gasteiger partial charge in [0.05, 0.1) is 24.3 Å². The van der Waals surface area contributed by atoms with Crippen LogP contribution in [0.5, 0.6) is 0 Å². The summed E-state index contributed by atoms with van der Waals surface area (Å²) < 4.78 is 40.1. The van der Waals surface area contributed by atoms with Crippen molar-refractivity contribution in [3.8, 4) is 0 Å². The molecule has 1 aliphatic rings. The fraction of sp³-hybridized carbons (Fsp3) is 0.348. The number of carbonyl (C=O) groups excluding carboxylic acids is 1. The van der Waals surface area contributed by atoms with Crippen LogP contribution in [0.3, 0.4) is 0 Å². The van der Waals surface area contributed by atoms with E-state index in [2.05, 4.69) is 15.5 Å². The van der Waals surface area contributed by atoms with Crippen molar-refractivity contribution in [2.75, 3.05) is 6.54 Å². The summed E-state index contributed by atoms with van der Waals surface area (Å²) in [4.78, 5) is 14.4. The number of urea groups is 1. The van der Waals surface area contributed by atoms with Crippen molar-refractivity contribution in [1.82, 2.24) is 25.0 Å². The molecule has 7 nitrogen and oxygen atoms in total. The van der Waals surface area contributed by atoms with Crippen LogP contribution >= 0.6 is 11.6 Å². The molecule has 0 aliphatic carbocycles. The lowest BCUT2D eigenvalue weighted by Crippen LogP contribution is -2.40. The number of β-amino-alcohol motifs (C(OH)–C–C–N with tert-alkyl or cyclic N) is 1. The van der Waals surface area contributed by atoms with E-state index in [1.165, 1.54) is 17.0 Å². The first-order valence-electron chi connectivity index (χ1n) is 10.6. The lowest BCUT2D eigenvalue weighted by Gasteiger charge is -2.25. The van der Waals surface area contributed by atoms with Gasteiger partial charge in [0.15, 0.2) is 5.82 Å². The Morgan fingerprint density at radius 1 is 1.12 bits per heavy atom. The molecule has 1 aromatic heterocycles. The highest BCUT2D eigenvalue weighted by Gasteiger charge is 2.38. The monoisotopic (exact) mass is 493 g/mol. The van der Waals surface area contributed by atoms with Gasteiger partial charge in [-0.1, -0.05) is 35.9 Å². The lowest BCUT2D eigenvalue weighted by molar-refractivity contribution is -0.137. The highest BCUT2D eigenvalue weighted by molar-refractivity contribution is 6.30. The third kappa shape index (κ3) is 5.34. The van der Waals surface area contributed by atoms with Gasteiger partial charge in [0.1, 0.15) is 5.82 Å². The summed E-state index contributed by atoms with van der Waals surface area (Å²) in [5.74, 6) is 1.21. The minimum Gasteiger partial charge on any atom is -0.391 e. The zero-order valence-electron chi connectivity index (χ0n) is 18.3. The predicted octanol–water partition coefficient (Wildman–Crippen LogP) is 4.32. The summed E-state index contributed by atoms with van der Waals surface area (Å²) in [7, 11) is 0. The van der Waals surface area contributed by atoms with Gasteiger partial charge < -0.3 is 19.9 Å². The molecule has 2 N–H and O–H groups in total. The van der Waals surface area contributed by atoms with E-state index in [4.69, 9.17) is 11.6 Å². The molecule has 0 radical (unpaired) electrons. The maximum atomic E-state index is 12.9. The zero-order chi connectivity index (χ0) is 24.5. The lowest BCUT2D eigenvalue weighted by atomic mass is 10.1. The quantitative estimate of drug-likeness (QED) is 0.554. The standard InChI is InChI=1S/C23H23ClF3N5O2/c1-14-29-30-21(31(14)12-16-4-8-18(24)9-5-16)20-10-19(33)13-32(20)22(34)28-11-15-2-6-17(7-3-15)23(25,26)27/h2-9,19-20,33H,10-13H2,1H3,(H,28,34)/t19-,20-/m1/s1. The third-order valence-corrected chi connectivity index (χ3v) is 6.03. The predicted molar refractivity (Wildman–Crippen MR) is 119 cm³/mol. The Balaban J connectivity index is 1.48. The molecule has 2 aromatic carbocycles. The minimum atomic E-state index is -4.42. The van der Waals surface area contributed by atoms with Crippen LogP contribution in [-0.2, 0) is 19.3 Å². The average molecular weight is 494 g/mol. The molecule has 180 valence electrons. The van der Waals surface area contributed by atoms with Gasteiger partial charge in [0.2, 0.25) is 0 Å². The molecule has 2 amide bonds. The molecule has 0 saturated carbocycles. The number of aryl methyl sites for hydroxylation is 1. The third-order valence-electron chi connectivity index (χ3n) is 5.78. The van der Waals surface area contributed by atoms with Crippen molar-refractivity contribution in [3.63, 3.8) is 0 Å². The minimum absolute atomic E-state index is 0.0484. The number of carbonyl (C=O) groups is 1. The van der Waals surface area contributed by atoms with Crippen LogP contribution < -0.4 is 5.32 Å². The van der Waals surface area contributed by atoms with E-state index in [0.29, 0.717) is 35.2 Å². The van der Waals surface area contributed by atoms with E-state index in [1.54, 1.807) is 12.1 Å². The van der Waals surface area contributed by atoms with Gasteiger partial charge in [-0.25, -0.2) is 4.79 Å². The molecule has 0 bridgehead atoms. The second kappa shape index (κ2) is 9.63. The normalized spacial score (nSPS) is 18.4. The summed E-state index contributed by atoms with van der Waals surface area (Å²) in [5.41, 5.74) is 0.755. The topological polar surface area (TPSA) is 83.3 Å². The van der Waals surface area contributed by atoms with Crippen molar-refractivity contribution >= 4 is 17.6 Å². The Hall–Kier alpha value is -3.11. The number of hydrogen-bond acceptors (Lipinski definition) is 4. The Kier molecular flexibility index (Phi) is 6.81. The molecule has 11 heteroatoms. The molecule has 0 spiro atoms. The number of likely N-dealkylation sites (tertiary alicyclic amines) is 1. The smallest absolute Gasteiger partial charge is 0.391 e. The van der Waals surface area contributed by atoms with Gasteiger partial charge in [0, 0.05) is 24.5 Å². The summed E-state index contributed by atoms with van der Waals surface area (Å²) in [5, 5.41) is 22.1. The molecule has 2 heterocycles. The fourth-order valence-electron chi connectivity index (χ4n) is 3.99. The SMILES string of the molecule is Cc1nnc([C@H]2C[C@@H](O)CN2C(=O)NCc2ccc(C(F)(F)F)cc2)n1Cc1ccc(Cl)cc1. The Morgan fingerprint density at radius 2 is 1.76 bits per heavy atom. The molecule has 0 unspecified atom stereocenters. The number of benzene rings is 2. The highest BCUT2D eigenvalue weighted by atomic mass is 35.5. The number of hydrogen-bond donors (Lipinski definition) is 2. The number of nitrogens with zero attached hydrogens (tertiary/aromatic N) is 4. The van der Waals surface area contributed by atoms with Crippen LogP contribution in [0.1, 0.15) is 40.8 Å². The Labute approximate surface area is 199 Å². The van der Waals surface area contributed by atoms with Crippen molar-refractivity contribution in [2.24, 2.45) is 0 Å². The number of aliphatic hydroxyl groups excluding tert-OH is 1. The molecule has 1 aliphatic heterocycles. The van der Waals surface area contributed by atoms with Crippen LogP contribution in [0, 0.1) is 6.92 Å². The van der Waals surface area contributed by atoms with Crippen LogP contribution in [0.2, 0.25) is 5.02 Å². The number of nitrogens with one attached hydrogen (secondary N) is 1. The molecule has 1 saturated heterocycles. The number of aromatic nitrogens is 3. The van der Waals surface area contributed by atoms with Crippen molar-refractivity contribution < 1.29 is 23.1 Å². The molecular weight excluding hydrogens is 471 g/mol. The van der Waals surface area contributed by atoms with E-state index in [1.807, 2.05) is 23.6 Å². The molecule has 34 heavy (non-hydrogen) atoms. The molecule has 3 aromatic rings. The Morgan fingerprint density at radius 3 is 2.41 bits per heavy atom. The van der Waals surface area contributed by atoms with E-state index in [9.17, 15) is 23.1 Å². The number of rotatable bonds is 5. The second-order valence-corrected chi connectivity index (χ2v) is 8.67. The zero-order valence-corrected chi connectivity index (χ0v) is 19.0. The van der Waals surface area contributed by atoms with Gasteiger partial charge in [-0.15, -0.1) is 10.2 Å². The van der Waals surface area contributed by atoms with Gasteiger partial charge in [-0.05, 0) is 42.3 Å². The first kappa shape index (κ1) is 24.0. The van der Waals surface area contributed by atoms with E-state index in [-0.39, 0.29) is 13.1 Å². The molecular formula is C23H23ClF3N5O2. The average Bonchev–Trinajstić information content (AvgIpc) is 3.35. The number of amides is 2. The van der Waals surface area contributed by atoms with Crippen LogP contribution in [0.15, 0.2) is 48.5 Å². The molecule has 1 fully saturated rings. The maximum Gasteiger partial charge on any atom is 0.416 e. The summed E-state index contributed by atoms with van der Waals surface area (Å²) >= 11 is 5.97. The van der Waals surface area contributed by atoms with E-state index < -0.39 is 29.9 Å². The van der Waals surface area contributed by atoms with Crippen molar-refractivity contribution in [3.05, 3.63) is 81.9 Å². The van der Waals surface area contributed by atoms with Gasteiger partial charge in [-0.3, -0.25) is 0 Å². The number of aliphatic hydroxyl groups is 1. The number of halogens is 4. The van der Waals surface area contributed by atoms with Gasteiger partial charge >= 0.3 is 12.2 Å². The van der Waals surface area contributed by atoms with Crippen LogP contribution in [0.4, 0.5) is 18.0 Å². The van der Waals surface area contributed by atoms with E-state index in [0.717, 1.165) is 17.7 Å². The second-order valence-electron chi connectivity index (χ2n) is 8.23. The summed E-state index contributed by atoms with van der Waals surface area (Å²) in [6.07, 6.45) is -4.85. The maximum absolute atomic E-state index is 12.9. The van der Waals surface area contributed by atoms with Crippen molar-refractivity contribution in [1.29, 1.82) is 0 Å². The summed E-state index contributed by atoms with van der Waals surface area (Å²) in [6, 6.07) is 11.0. The largest absolute Gasteiger partial charge is 0.416 e. The van der Waals surface area contributed by atoms with E-state index >= 15 is 0 Å². The first-order chi connectivity index (χ1) is 16.1. The van der Waals surface area contributed by atoms with Crippen molar-refractivity contribution in [2.45, 2.75) is 44.8 Å². The molecule has 2 atom stereocenters. The van der Waals surface area contributed by atoms with Crippen LogP contribution in [-0.4, -0.2) is 43.5 Å². The first-order valence-corrected chi connectivity index (χ1v) is 11.0. The van der Waals surface area contributed by atoms with Crippen LogP contribution in [0.25, 0.3) is 0 Å². The van der Waals surface area contributed by atoms with Gasteiger partial charge in [0.25, 0.3) is 0 Å². The fourth-order valence-corrected chi connectivity index (χ4v) is 4.11.